The molecule has 0 radical (unpaired) electrons. The number of nitrogens with zero attached hydrogens (tertiary/aromatic N) is 3. The van der Waals surface area contributed by atoms with E-state index in [1.165, 1.54) is 6.20 Å². The standard InChI is InChI=1S/C24H29FIN5O3/c1-5-30(6-2)20(32)11-31-13-24(3,4)34-12-19(31)23(33)29-17-8-14(26)7-15-21-16(25)9-27-10-18(21)28-22(15)17/h7-10,19,28H,5-6,11-13H2,1-4H3,(H,29,33)/t19-/m0/s1. The summed E-state index contributed by atoms with van der Waals surface area (Å²) in [6.07, 6.45) is 2.74. The predicted octanol–water partition coefficient (Wildman–Crippen LogP) is 3.75. The number of aromatic nitrogens is 2. The number of ether oxygens (including phenoxy) is 1. The number of likely N-dealkylation sites (N-methyl/N-ethyl adjacent to an activating group) is 1. The van der Waals surface area contributed by atoms with Crippen molar-refractivity contribution in [2.75, 3.05) is 38.1 Å². The first-order valence-corrected chi connectivity index (χ1v) is 12.4. The summed E-state index contributed by atoms with van der Waals surface area (Å²) in [5.74, 6) is -0.717. The maximum absolute atomic E-state index is 14.5. The fourth-order valence-electron chi connectivity index (χ4n) is 4.50. The predicted molar refractivity (Wildman–Crippen MR) is 138 cm³/mol. The average Bonchev–Trinajstić information content (AvgIpc) is 3.14. The molecule has 3 aromatic rings. The summed E-state index contributed by atoms with van der Waals surface area (Å²) in [7, 11) is 0. The molecule has 2 amide bonds. The Labute approximate surface area is 211 Å². The number of halogens is 2. The van der Waals surface area contributed by atoms with Gasteiger partial charge >= 0.3 is 0 Å². The maximum atomic E-state index is 14.5. The number of morpholine rings is 1. The second kappa shape index (κ2) is 9.74. The fraction of sp³-hybridized carbons (Fsp3) is 0.458. The van der Waals surface area contributed by atoms with Crippen molar-refractivity contribution in [3.05, 3.63) is 33.9 Å². The Morgan fingerprint density at radius 2 is 2.06 bits per heavy atom. The molecular formula is C24H29FIN5O3. The number of pyridine rings is 1. The maximum Gasteiger partial charge on any atom is 0.244 e. The molecule has 1 aromatic carbocycles. The molecular weight excluding hydrogens is 552 g/mol. The lowest BCUT2D eigenvalue weighted by molar-refractivity contribution is -0.150. The summed E-state index contributed by atoms with van der Waals surface area (Å²) in [6, 6.07) is 3.07. The van der Waals surface area contributed by atoms with Gasteiger partial charge in [-0.05, 0) is 62.4 Å². The zero-order chi connectivity index (χ0) is 24.6. The Bertz CT molecular complexity index is 1240. The zero-order valence-electron chi connectivity index (χ0n) is 19.7. The number of H-pyrrole nitrogens is 1. The van der Waals surface area contributed by atoms with Crippen molar-refractivity contribution >= 4 is 61.9 Å². The molecule has 0 unspecified atom stereocenters. The Kier molecular flexibility index (Phi) is 7.11. The third kappa shape index (κ3) is 4.89. The number of carbonyl (C=O) groups is 2. The van der Waals surface area contributed by atoms with Crippen LogP contribution in [0.4, 0.5) is 10.1 Å². The molecule has 0 aliphatic carbocycles. The number of carbonyl (C=O) groups excluding carboxylic acids is 2. The SMILES string of the molecule is CCN(CC)C(=O)CN1CC(C)(C)OC[C@H]1C(=O)Nc1cc(I)cc2c1[nH]c1cncc(F)c12. The summed E-state index contributed by atoms with van der Waals surface area (Å²) in [4.78, 5) is 37.0. The lowest BCUT2D eigenvalue weighted by atomic mass is 10.0. The smallest absolute Gasteiger partial charge is 0.244 e. The molecule has 1 aliphatic rings. The van der Waals surface area contributed by atoms with Crippen LogP contribution in [0.15, 0.2) is 24.5 Å². The third-order valence-corrected chi connectivity index (χ3v) is 6.83. The van der Waals surface area contributed by atoms with Crippen molar-refractivity contribution in [1.82, 2.24) is 19.8 Å². The number of anilines is 1. The highest BCUT2D eigenvalue weighted by Gasteiger charge is 2.39. The molecule has 1 atom stereocenters. The second-order valence-electron chi connectivity index (χ2n) is 9.09. The van der Waals surface area contributed by atoms with Crippen LogP contribution in [0.2, 0.25) is 0 Å². The van der Waals surface area contributed by atoms with Gasteiger partial charge in [-0.3, -0.25) is 19.5 Å². The van der Waals surface area contributed by atoms with Crippen LogP contribution in [0.1, 0.15) is 27.7 Å². The van der Waals surface area contributed by atoms with E-state index in [0.717, 1.165) is 3.57 Å². The molecule has 8 nitrogen and oxygen atoms in total. The number of aromatic amines is 1. The minimum Gasteiger partial charge on any atom is -0.372 e. The Balaban J connectivity index is 1.64. The Hall–Kier alpha value is -2.31. The molecule has 3 heterocycles. The lowest BCUT2D eigenvalue weighted by Gasteiger charge is -2.43. The first-order chi connectivity index (χ1) is 16.1. The molecule has 0 spiro atoms. The van der Waals surface area contributed by atoms with Gasteiger partial charge in [0, 0.05) is 34.0 Å². The summed E-state index contributed by atoms with van der Waals surface area (Å²) < 4.78 is 21.3. The van der Waals surface area contributed by atoms with Gasteiger partial charge in [0.1, 0.15) is 6.04 Å². The van der Waals surface area contributed by atoms with Crippen LogP contribution >= 0.6 is 22.6 Å². The van der Waals surface area contributed by atoms with Crippen molar-refractivity contribution in [3.8, 4) is 0 Å². The summed E-state index contributed by atoms with van der Waals surface area (Å²) in [5, 5.41) is 4.11. The quantitative estimate of drug-likeness (QED) is 0.433. The molecule has 10 heteroatoms. The van der Waals surface area contributed by atoms with Gasteiger partial charge in [-0.15, -0.1) is 0 Å². The molecule has 34 heavy (non-hydrogen) atoms. The van der Waals surface area contributed by atoms with Crippen LogP contribution < -0.4 is 5.32 Å². The molecule has 1 saturated heterocycles. The average molecular weight is 581 g/mol. The normalized spacial score (nSPS) is 18.4. The van der Waals surface area contributed by atoms with Crippen molar-refractivity contribution in [3.63, 3.8) is 0 Å². The highest BCUT2D eigenvalue weighted by molar-refractivity contribution is 14.1. The number of amides is 2. The zero-order valence-corrected chi connectivity index (χ0v) is 21.9. The summed E-state index contributed by atoms with van der Waals surface area (Å²) >= 11 is 2.15. The number of nitrogens with one attached hydrogen (secondary N) is 2. The van der Waals surface area contributed by atoms with Gasteiger partial charge in [0.2, 0.25) is 11.8 Å². The molecule has 0 bridgehead atoms. The van der Waals surface area contributed by atoms with Gasteiger partial charge in [0.15, 0.2) is 5.82 Å². The van der Waals surface area contributed by atoms with E-state index < -0.39 is 17.5 Å². The monoisotopic (exact) mass is 581 g/mol. The van der Waals surface area contributed by atoms with Gasteiger partial charge in [-0.2, -0.15) is 0 Å². The molecule has 182 valence electrons. The van der Waals surface area contributed by atoms with Gasteiger partial charge in [-0.1, -0.05) is 0 Å². The molecule has 1 aliphatic heterocycles. The molecule has 4 rings (SSSR count). The van der Waals surface area contributed by atoms with E-state index in [0.29, 0.717) is 47.1 Å². The van der Waals surface area contributed by atoms with E-state index in [4.69, 9.17) is 4.74 Å². The lowest BCUT2D eigenvalue weighted by Crippen LogP contribution is -2.60. The van der Waals surface area contributed by atoms with Crippen molar-refractivity contribution in [2.45, 2.75) is 39.3 Å². The number of rotatable bonds is 6. The number of benzene rings is 1. The minimum atomic E-state index is -0.636. The van der Waals surface area contributed by atoms with Crippen LogP contribution in [0.5, 0.6) is 0 Å². The third-order valence-electron chi connectivity index (χ3n) is 6.20. The first kappa shape index (κ1) is 24.8. The molecule has 1 fully saturated rings. The van der Waals surface area contributed by atoms with E-state index in [1.807, 2.05) is 44.7 Å². The largest absolute Gasteiger partial charge is 0.372 e. The van der Waals surface area contributed by atoms with Gasteiger partial charge in [0.05, 0.1) is 47.9 Å². The summed E-state index contributed by atoms with van der Waals surface area (Å²) in [5.41, 5.74) is 1.25. The van der Waals surface area contributed by atoms with E-state index in [9.17, 15) is 14.0 Å². The van der Waals surface area contributed by atoms with E-state index in [-0.39, 0.29) is 25.0 Å². The molecule has 2 N–H and O–H groups in total. The van der Waals surface area contributed by atoms with Crippen molar-refractivity contribution < 1.29 is 18.7 Å². The van der Waals surface area contributed by atoms with Crippen LogP contribution in [-0.2, 0) is 14.3 Å². The first-order valence-electron chi connectivity index (χ1n) is 11.3. The van der Waals surface area contributed by atoms with Crippen LogP contribution in [0.25, 0.3) is 21.8 Å². The molecule has 2 aromatic heterocycles. The fourth-order valence-corrected chi connectivity index (χ4v) is 5.13. The van der Waals surface area contributed by atoms with E-state index in [2.05, 4.69) is 37.9 Å². The number of hydrogen-bond acceptors (Lipinski definition) is 5. The number of hydrogen-bond donors (Lipinski definition) is 2. The van der Waals surface area contributed by atoms with Gasteiger partial charge in [0.25, 0.3) is 0 Å². The second-order valence-corrected chi connectivity index (χ2v) is 10.3. The Morgan fingerprint density at radius 1 is 1.32 bits per heavy atom. The summed E-state index contributed by atoms with van der Waals surface area (Å²) in [6.45, 7) is 9.77. The minimum absolute atomic E-state index is 0.0178. The van der Waals surface area contributed by atoms with E-state index >= 15 is 0 Å². The van der Waals surface area contributed by atoms with Gasteiger partial charge in [-0.25, -0.2) is 4.39 Å². The Morgan fingerprint density at radius 3 is 2.76 bits per heavy atom. The topological polar surface area (TPSA) is 90.6 Å². The molecule has 0 saturated carbocycles. The highest BCUT2D eigenvalue weighted by atomic mass is 127. The van der Waals surface area contributed by atoms with Crippen LogP contribution in [-0.4, -0.2) is 76.0 Å². The van der Waals surface area contributed by atoms with E-state index in [1.54, 1.807) is 11.1 Å². The number of fused-ring (bicyclic) bond motifs is 3. The van der Waals surface area contributed by atoms with Crippen molar-refractivity contribution in [1.29, 1.82) is 0 Å². The van der Waals surface area contributed by atoms with Gasteiger partial charge < -0.3 is 19.9 Å². The van der Waals surface area contributed by atoms with Crippen LogP contribution in [0, 0.1) is 9.39 Å². The van der Waals surface area contributed by atoms with Crippen LogP contribution in [0.3, 0.4) is 0 Å². The highest BCUT2D eigenvalue weighted by Crippen LogP contribution is 2.34. The van der Waals surface area contributed by atoms with Crippen molar-refractivity contribution in [2.24, 2.45) is 0 Å².